The molecule has 1 aromatic heterocycles. The summed E-state index contributed by atoms with van der Waals surface area (Å²) in [5.74, 6) is 0.487. The van der Waals surface area contributed by atoms with Crippen LogP contribution >= 0.6 is 0 Å². The molecule has 0 aliphatic carbocycles. The van der Waals surface area contributed by atoms with Crippen LogP contribution in [0.4, 0.5) is 4.79 Å². The van der Waals surface area contributed by atoms with Gasteiger partial charge in [-0.15, -0.1) is 5.10 Å². The zero-order chi connectivity index (χ0) is 14.5. The molecule has 0 saturated heterocycles. The van der Waals surface area contributed by atoms with Crippen molar-refractivity contribution in [2.45, 2.75) is 52.3 Å². The van der Waals surface area contributed by atoms with Crippen molar-refractivity contribution in [3.63, 3.8) is 0 Å². The Labute approximate surface area is 111 Å². The van der Waals surface area contributed by atoms with Crippen molar-refractivity contribution in [1.82, 2.24) is 25.5 Å². The van der Waals surface area contributed by atoms with Crippen LogP contribution in [0.3, 0.4) is 0 Å². The standard InChI is InChI=1S/C11H18N6O2/c1-8(13-10(18)19-11(2,3)4)9-14-15-16-17(9)7-5-6-12/h8H,5,7H2,1-4H3,(H,13,18)/t8-/m0/s1. The van der Waals surface area contributed by atoms with E-state index in [-0.39, 0.29) is 0 Å². The van der Waals surface area contributed by atoms with Gasteiger partial charge in [0.25, 0.3) is 0 Å². The molecule has 1 heterocycles. The Morgan fingerprint density at radius 3 is 2.84 bits per heavy atom. The minimum Gasteiger partial charge on any atom is -0.444 e. The van der Waals surface area contributed by atoms with Gasteiger partial charge in [-0.3, -0.25) is 0 Å². The number of ether oxygens (including phenoxy) is 1. The summed E-state index contributed by atoms with van der Waals surface area (Å²) in [4.78, 5) is 11.6. The number of nitrogens with one attached hydrogen (secondary N) is 1. The van der Waals surface area contributed by atoms with Crippen molar-refractivity contribution < 1.29 is 9.53 Å². The summed E-state index contributed by atoms with van der Waals surface area (Å²) in [7, 11) is 0. The lowest BCUT2D eigenvalue weighted by Crippen LogP contribution is -2.35. The van der Waals surface area contributed by atoms with Crippen LogP contribution < -0.4 is 5.32 Å². The molecule has 0 unspecified atom stereocenters. The van der Waals surface area contributed by atoms with Crippen molar-refractivity contribution in [3.8, 4) is 6.07 Å². The number of aryl methyl sites for hydroxylation is 1. The number of aromatic nitrogens is 4. The van der Waals surface area contributed by atoms with Gasteiger partial charge >= 0.3 is 6.09 Å². The van der Waals surface area contributed by atoms with E-state index in [1.165, 1.54) is 4.68 Å². The van der Waals surface area contributed by atoms with E-state index in [1.54, 1.807) is 27.7 Å². The van der Waals surface area contributed by atoms with Gasteiger partial charge in [0, 0.05) is 0 Å². The third-order valence-electron chi connectivity index (χ3n) is 2.12. The number of carbonyl (C=O) groups is 1. The summed E-state index contributed by atoms with van der Waals surface area (Å²) in [6, 6.07) is 1.62. The Morgan fingerprint density at radius 1 is 1.58 bits per heavy atom. The highest BCUT2D eigenvalue weighted by Gasteiger charge is 2.21. The van der Waals surface area contributed by atoms with Crippen molar-refractivity contribution >= 4 is 6.09 Å². The first-order valence-electron chi connectivity index (χ1n) is 5.96. The van der Waals surface area contributed by atoms with Crippen LogP contribution in [0.2, 0.25) is 0 Å². The fourth-order valence-corrected chi connectivity index (χ4v) is 1.39. The Hall–Kier alpha value is -2.17. The maximum absolute atomic E-state index is 11.6. The summed E-state index contributed by atoms with van der Waals surface area (Å²) in [5.41, 5.74) is -0.559. The molecule has 19 heavy (non-hydrogen) atoms. The second kappa shape index (κ2) is 6.13. The van der Waals surface area contributed by atoms with Gasteiger partial charge in [0.15, 0.2) is 5.82 Å². The van der Waals surface area contributed by atoms with Crippen LogP contribution in [-0.2, 0) is 11.3 Å². The number of hydrogen-bond acceptors (Lipinski definition) is 6. The molecule has 104 valence electrons. The molecule has 1 atom stereocenters. The van der Waals surface area contributed by atoms with Gasteiger partial charge in [-0.05, 0) is 38.1 Å². The van der Waals surface area contributed by atoms with E-state index in [1.807, 2.05) is 6.07 Å². The van der Waals surface area contributed by atoms with Crippen LogP contribution in [0.25, 0.3) is 0 Å². The smallest absolute Gasteiger partial charge is 0.408 e. The number of carbonyl (C=O) groups excluding carboxylic acids is 1. The lowest BCUT2D eigenvalue weighted by molar-refractivity contribution is 0.0504. The fraction of sp³-hybridized carbons (Fsp3) is 0.727. The third-order valence-corrected chi connectivity index (χ3v) is 2.12. The molecule has 1 aromatic rings. The lowest BCUT2D eigenvalue weighted by Gasteiger charge is -2.21. The van der Waals surface area contributed by atoms with E-state index in [2.05, 4.69) is 20.8 Å². The summed E-state index contributed by atoms with van der Waals surface area (Å²) < 4.78 is 6.64. The van der Waals surface area contributed by atoms with Crippen molar-refractivity contribution in [2.24, 2.45) is 0 Å². The maximum atomic E-state index is 11.6. The first-order valence-corrected chi connectivity index (χ1v) is 5.96. The zero-order valence-corrected chi connectivity index (χ0v) is 11.5. The Morgan fingerprint density at radius 2 is 2.26 bits per heavy atom. The number of nitrogens with zero attached hydrogens (tertiary/aromatic N) is 5. The fourth-order valence-electron chi connectivity index (χ4n) is 1.39. The minimum atomic E-state index is -0.559. The van der Waals surface area contributed by atoms with Crippen LogP contribution in [-0.4, -0.2) is 31.9 Å². The molecule has 1 amide bonds. The van der Waals surface area contributed by atoms with E-state index in [0.717, 1.165) is 0 Å². The number of amides is 1. The largest absolute Gasteiger partial charge is 0.444 e. The third kappa shape index (κ3) is 4.91. The van der Waals surface area contributed by atoms with E-state index in [4.69, 9.17) is 10.00 Å². The number of nitriles is 1. The molecule has 0 bridgehead atoms. The average molecular weight is 266 g/mol. The number of rotatable bonds is 4. The maximum Gasteiger partial charge on any atom is 0.408 e. The van der Waals surface area contributed by atoms with Crippen LogP contribution in [0, 0.1) is 11.3 Å². The highest BCUT2D eigenvalue weighted by molar-refractivity contribution is 5.68. The SMILES string of the molecule is C[C@H](NC(=O)OC(C)(C)C)c1nnnn1CCC#N. The molecule has 0 radical (unpaired) electrons. The number of tetrazole rings is 1. The molecular formula is C11H18N6O2. The predicted octanol–water partition coefficient (Wildman–Crippen LogP) is 1.17. The zero-order valence-electron chi connectivity index (χ0n) is 11.5. The minimum absolute atomic E-state index is 0.303. The number of alkyl carbamates (subject to hydrolysis) is 1. The normalized spacial score (nSPS) is 12.6. The molecular weight excluding hydrogens is 248 g/mol. The second-order valence-corrected chi connectivity index (χ2v) is 5.04. The van der Waals surface area contributed by atoms with Gasteiger partial charge in [-0.25, -0.2) is 9.48 Å². The van der Waals surface area contributed by atoms with Gasteiger partial charge in [0.05, 0.1) is 25.1 Å². The molecule has 0 saturated carbocycles. The lowest BCUT2D eigenvalue weighted by atomic mass is 10.2. The summed E-state index contributed by atoms with van der Waals surface area (Å²) in [6.45, 7) is 7.49. The second-order valence-electron chi connectivity index (χ2n) is 5.04. The first-order chi connectivity index (χ1) is 8.83. The molecule has 1 N–H and O–H groups in total. The van der Waals surface area contributed by atoms with E-state index >= 15 is 0 Å². The molecule has 0 spiro atoms. The van der Waals surface area contributed by atoms with Crippen LogP contribution in [0.15, 0.2) is 0 Å². The topological polar surface area (TPSA) is 106 Å². The van der Waals surface area contributed by atoms with Gasteiger partial charge in [-0.2, -0.15) is 5.26 Å². The Balaban J connectivity index is 2.63. The first kappa shape index (κ1) is 14.9. The van der Waals surface area contributed by atoms with Crippen molar-refractivity contribution in [1.29, 1.82) is 5.26 Å². The molecule has 8 nitrogen and oxygen atoms in total. The molecule has 0 aliphatic heterocycles. The summed E-state index contributed by atoms with van der Waals surface area (Å²) in [6.07, 6.45) is -0.230. The van der Waals surface area contributed by atoms with Gasteiger partial charge in [0.1, 0.15) is 5.60 Å². The highest BCUT2D eigenvalue weighted by atomic mass is 16.6. The molecule has 1 rings (SSSR count). The van der Waals surface area contributed by atoms with E-state index < -0.39 is 17.7 Å². The highest BCUT2D eigenvalue weighted by Crippen LogP contribution is 2.11. The van der Waals surface area contributed by atoms with E-state index in [0.29, 0.717) is 18.8 Å². The molecule has 0 aromatic carbocycles. The van der Waals surface area contributed by atoms with E-state index in [9.17, 15) is 4.79 Å². The van der Waals surface area contributed by atoms with Gasteiger partial charge in [0.2, 0.25) is 0 Å². The number of hydrogen-bond donors (Lipinski definition) is 1. The van der Waals surface area contributed by atoms with Gasteiger partial charge < -0.3 is 10.1 Å². The van der Waals surface area contributed by atoms with Crippen molar-refractivity contribution in [2.75, 3.05) is 0 Å². The summed E-state index contributed by atoms with van der Waals surface area (Å²) in [5, 5.41) is 22.3. The predicted molar refractivity (Wildman–Crippen MR) is 65.8 cm³/mol. The molecule has 8 heteroatoms. The van der Waals surface area contributed by atoms with Crippen molar-refractivity contribution in [3.05, 3.63) is 5.82 Å². The molecule has 0 fully saturated rings. The quantitative estimate of drug-likeness (QED) is 0.876. The van der Waals surface area contributed by atoms with Crippen LogP contribution in [0.1, 0.15) is 46.0 Å². The van der Waals surface area contributed by atoms with Crippen LogP contribution in [0.5, 0.6) is 0 Å². The molecule has 0 aliphatic rings. The summed E-state index contributed by atoms with van der Waals surface area (Å²) >= 11 is 0. The monoisotopic (exact) mass is 266 g/mol. The Kier molecular flexibility index (Phi) is 4.80. The average Bonchev–Trinajstić information content (AvgIpc) is 2.71. The Bertz CT molecular complexity index is 470. The van der Waals surface area contributed by atoms with Gasteiger partial charge in [-0.1, -0.05) is 0 Å².